The van der Waals surface area contributed by atoms with Crippen LogP contribution in [-0.2, 0) is 0 Å². The lowest BCUT2D eigenvalue weighted by Gasteiger charge is -2.10. The van der Waals surface area contributed by atoms with Crippen LogP contribution in [0.1, 0.15) is 37.8 Å². The Morgan fingerprint density at radius 2 is 1.31 bits per heavy atom. The summed E-state index contributed by atoms with van der Waals surface area (Å²) in [6.07, 6.45) is 0. The summed E-state index contributed by atoms with van der Waals surface area (Å²) < 4.78 is 1.52. The van der Waals surface area contributed by atoms with Gasteiger partial charge in [-0.15, -0.1) is 0 Å². The van der Waals surface area contributed by atoms with Gasteiger partial charge in [0.2, 0.25) is 0 Å². The van der Waals surface area contributed by atoms with Crippen molar-refractivity contribution >= 4 is 23.3 Å². The quantitative estimate of drug-likeness (QED) is 0.500. The first-order valence-electron chi connectivity index (χ1n) is 10.1. The predicted molar refractivity (Wildman–Crippen MR) is 122 cm³/mol. The van der Waals surface area contributed by atoms with Crippen LogP contribution in [0.5, 0.6) is 0 Å². The minimum atomic E-state index is -0.309. The normalized spacial score (nSPS) is 10.6. The van der Waals surface area contributed by atoms with Crippen molar-refractivity contribution in [3.05, 3.63) is 94.9 Å². The second-order valence-electron chi connectivity index (χ2n) is 7.39. The van der Waals surface area contributed by atoms with Crippen LogP contribution in [0, 0.1) is 20.8 Å². The van der Waals surface area contributed by atoms with Crippen molar-refractivity contribution in [3.8, 4) is 5.95 Å². The standard InChI is InChI=1S/C24H22N6O2/c1-15-13-16(2)26-24(25-15)30-21(14-17(3)29-30)28-23(32)19-9-11-20(12-10-19)27-22(31)18-7-5-4-6-8-18/h4-14H,1-3H3,(H,27,31)(H,28,32). The highest BCUT2D eigenvalue weighted by Gasteiger charge is 2.15. The van der Waals surface area contributed by atoms with Crippen LogP contribution in [0.2, 0.25) is 0 Å². The van der Waals surface area contributed by atoms with Crippen molar-refractivity contribution < 1.29 is 9.59 Å². The van der Waals surface area contributed by atoms with E-state index in [2.05, 4.69) is 25.7 Å². The van der Waals surface area contributed by atoms with Gasteiger partial charge in [-0.1, -0.05) is 18.2 Å². The number of aromatic nitrogens is 4. The van der Waals surface area contributed by atoms with Crippen LogP contribution in [-0.4, -0.2) is 31.6 Å². The van der Waals surface area contributed by atoms with E-state index in [0.29, 0.717) is 28.6 Å². The first-order chi connectivity index (χ1) is 15.4. The van der Waals surface area contributed by atoms with Gasteiger partial charge in [-0.3, -0.25) is 9.59 Å². The van der Waals surface area contributed by atoms with Crippen molar-refractivity contribution in [1.29, 1.82) is 0 Å². The van der Waals surface area contributed by atoms with Gasteiger partial charge in [0.15, 0.2) is 0 Å². The maximum Gasteiger partial charge on any atom is 0.256 e. The Balaban J connectivity index is 1.50. The number of aryl methyl sites for hydroxylation is 3. The molecule has 2 N–H and O–H groups in total. The molecule has 160 valence electrons. The fourth-order valence-electron chi connectivity index (χ4n) is 3.23. The van der Waals surface area contributed by atoms with E-state index in [0.717, 1.165) is 17.1 Å². The summed E-state index contributed by atoms with van der Waals surface area (Å²) in [6.45, 7) is 5.59. The van der Waals surface area contributed by atoms with Gasteiger partial charge >= 0.3 is 0 Å². The minimum absolute atomic E-state index is 0.212. The lowest BCUT2D eigenvalue weighted by atomic mass is 10.1. The Hall–Kier alpha value is -4.33. The average molecular weight is 426 g/mol. The van der Waals surface area contributed by atoms with Crippen molar-refractivity contribution in [1.82, 2.24) is 19.7 Å². The maximum absolute atomic E-state index is 12.8. The van der Waals surface area contributed by atoms with Gasteiger partial charge in [0.1, 0.15) is 5.82 Å². The molecule has 2 aromatic heterocycles. The molecule has 8 heteroatoms. The minimum Gasteiger partial charge on any atom is -0.322 e. The fraction of sp³-hybridized carbons (Fsp3) is 0.125. The average Bonchev–Trinajstić information content (AvgIpc) is 3.14. The predicted octanol–water partition coefficient (Wildman–Crippen LogP) is 4.09. The monoisotopic (exact) mass is 426 g/mol. The maximum atomic E-state index is 12.8. The Kier molecular flexibility index (Phi) is 5.76. The zero-order valence-corrected chi connectivity index (χ0v) is 18.0. The third kappa shape index (κ3) is 4.70. The smallest absolute Gasteiger partial charge is 0.256 e. The summed E-state index contributed by atoms with van der Waals surface area (Å²) in [7, 11) is 0. The number of nitrogens with one attached hydrogen (secondary N) is 2. The third-order valence-electron chi connectivity index (χ3n) is 4.67. The molecule has 0 radical (unpaired) electrons. The molecule has 2 heterocycles. The molecule has 0 fully saturated rings. The molecule has 4 rings (SSSR count). The van der Waals surface area contributed by atoms with Crippen molar-refractivity contribution in [3.63, 3.8) is 0 Å². The summed E-state index contributed by atoms with van der Waals surface area (Å²) in [4.78, 5) is 33.9. The first-order valence-corrected chi connectivity index (χ1v) is 10.1. The molecule has 4 aromatic rings. The number of rotatable bonds is 5. The molecule has 0 aliphatic rings. The van der Waals surface area contributed by atoms with Crippen LogP contribution >= 0.6 is 0 Å². The highest BCUT2D eigenvalue weighted by atomic mass is 16.2. The summed E-state index contributed by atoms with van der Waals surface area (Å²) in [5, 5.41) is 10.1. The summed E-state index contributed by atoms with van der Waals surface area (Å²) in [5.41, 5.74) is 3.94. The Morgan fingerprint density at radius 1 is 0.719 bits per heavy atom. The Morgan fingerprint density at radius 3 is 1.97 bits per heavy atom. The van der Waals surface area contributed by atoms with E-state index in [4.69, 9.17) is 0 Å². The van der Waals surface area contributed by atoms with Crippen molar-refractivity contribution in [2.45, 2.75) is 20.8 Å². The fourth-order valence-corrected chi connectivity index (χ4v) is 3.23. The van der Waals surface area contributed by atoms with Crippen LogP contribution in [0.3, 0.4) is 0 Å². The zero-order valence-electron chi connectivity index (χ0n) is 18.0. The number of benzene rings is 2. The third-order valence-corrected chi connectivity index (χ3v) is 4.67. The summed E-state index contributed by atoms with van der Waals surface area (Å²) in [5.74, 6) is 0.343. The van der Waals surface area contributed by atoms with Crippen molar-refractivity contribution in [2.24, 2.45) is 0 Å². The van der Waals surface area contributed by atoms with Crippen LogP contribution in [0.4, 0.5) is 11.5 Å². The van der Waals surface area contributed by atoms with Crippen LogP contribution < -0.4 is 10.6 Å². The lowest BCUT2D eigenvalue weighted by molar-refractivity contribution is 0.101. The number of nitrogens with zero attached hydrogens (tertiary/aromatic N) is 4. The number of hydrogen-bond donors (Lipinski definition) is 2. The van der Waals surface area contributed by atoms with Gasteiger partial charge in [0, 0.05) is 34.3 Å². The molecule has 0 unspecified atom stereocenters. The summed E-state index contributed by atoms with van der Waals surface area (Å²) >= 11 is 0. The van der Waals surface area contributed by atoms with E-state index in [1.54, 1.807) is 54.6 Å². The highest BCUT2D eigenvalue weighted by molar-refractivity contribution is 6.06. The molecule has 0 aliphatic carbocycles. The molecule has 2 aromatic carbocycles. The topological polar surface area (TPSA) is 102 Å². The van der Waals surface area contributed by atoms with E-state index >= 15 is 0 Å². The summed E-state index contributed by atoms with van der Waals surface area (Å²) in [6, 6.07) is 19.2. The highest BCUT2D eigenvalue weighted by Crippen LogP contribution is 2.18. The molecule has 0 saturated heterocycles. The van der Waals surface area contributed by atoms with E-state index in [1.807, 2.05) is 32.9 Å². The van der Waals surface area contributed by atoms with Gasteiger partial charge in [-0.25, -0.2) is 9.97 Å². The molecule has 8 nitrogen and oxygen atoms in total. The second-order valence-corrected chi connectivity index (χ2v) is 7.39. The van der Waals surface area contributed by atoms with E-state index in [-0.39, 0.29) is 11.8 Å². The van der Waals surface area contributed by atoms with E-state index < -0.39 is 0 Å². The SMILES string of the molecule is Cc1cc(C)nc(-n2nc(C)cc2NC(=O)c2ccc(NC(=O)c3ccccc3)cc2)n1. The number of carbonyl (C=O) groups is 2. The number of carbonyl (C=O) groups excluding carboxylic acids is 2. The molecular formula is C24H22N6O2. The largest absolute Gasteiger partial charge is 0.322 e. The van der Waals surface area contributed by atoms with Gasteiger partial charge in [-0.05, 0) is 63.2 Å². The number of amides is 2. The van der Waals surface area contributed by atoms with E-state index in [9.17, 15) is 9.59 Å². The second kappa shape index (κ2) is 8.81. The van der Waals surface area contributed by atoms with E-state index in [1.165, 1.54) is 4.68 Å². The Labute approximate surface area is 185 Å². The van der Waals surface area contributed by atoms with Crippen molar-refractivity contribution in [2.75, 3.05) is 10.6 Å². The number of anilines is 2. The molecule has 0 saturated carbocycles. The first kappa shape index (κ1) is 20.9. The van der Waals surface area contributed by atoms with Gasteiger partial charge in [0.05, 0.1) is 5.69 Å². The molecule has 0 spiro atoms. The van der Waals surface area contributed by atoms with Gasteiger partial charge < -0.3 is 10.6 Å². The number of hydrogen-bond acceptors (Lipinski definition) is 5. The molecule has 32 heavy (non-hydrogen) atoms. The molecule has 0 atom stereocenters. The zero-order chi connectivity index (χ0) is 22.7. The van der Waals surface area contributed by atoms with Gasteiger partial charge in [0.25, 0.3) is 17.8 Å². The Bertz CT molecular complexity index is 1260. The van der Waals surface area contributed by atoms with Crippen LogP contribution in [0.15, 0.2) is 66.7 Å². The molecule has 2 amide bonds. The lowest BCUT2D eigenvalue weighted by Crippen LogP contribution is -2.17. The molecule has 0 bridgehead atoms. The van der Waals surface area contributed by atoms with Crippen LogP contribution in [0.25, 0.3) is 5.95 Å². The molecular weight excluding hydrogens is 404 g/mol. The molecule has 0 aliphatic heterocycles. The van der Waals surface area contributed by atoms with Gasteiger partial charge in [-0.2, -0.15) is 9.78 Å².